The van der Waals surface area contributed by atoms with E-state index in [0.717, 1.165) is 28.6 Å². The van der Waals surface area contributed by atoms with Crippen LogP contribution in [0.25, 0.3) is 22.2 Å². The van der Waals surface area contributed by atoms with Crippen LogP contribution in [0.1, 0.15) is 26.3 Å². The number of nitrogens with one attached hydrogen (secondary N) is 1. The van der Waals surface area contributed by atoms with Gasteiger partial charge in [-0.3, -0.25) is 10.1 Å². The molecular weight excluding hydrogens is 348 g/mol. The standard InChI is InChI=1S/C23H26N4O/c1-15(2)16(3)12-17-8-10-18(11-9-17)21-13-22(27-23(24)25-14-28)19-6-4-5-7-20(19)26-21/h4-11,13-16H,12H2,1-3H3,(H3,24,25,26,27,28). The summed E-state index contributed by atoms with van der Waals surface area (Å²) in [6, 6.07) is 18.2. The van der Waals surface area contributed by atoms with Crippen LogP contribution in [0, 0.1) is 11.8 Å². The molecule has 28 heavy (non-hydrogen) atoms. The molecule has 1 aromatic heterocycles. The van der Waals surface area contributed by atoms with Crippen LogP contribution in [-0.4, -0.2) is 17.4 Å². The molecule has 0 aliphatic heterocycles. The normalized spacial score (nSPS) is 12.9. The maximum absolute atomic E-state index is 10.6. The Balaban J connectivity index is 1.99. The number of guanidine groups is 1. The van der Waals surface area contributed by atoms with Crippen LogP contribution in [-0.2, 0) is 11.2 Å². The quantitative estimate of drug-likeness (QED) is 0.380. The fourth-order valence-corrected chi connectivity index (χ4v) is 3.04. The Morgan fingerprint density at radius 1 is 1.14 bits per heavy atom. The maximum atomic E-state index is 10.6. The SMILES string of the molecule is CC(C)C(C)Cc1ccc(-c2cc(N=C(N)NC=O)c3ccccc3n2)cc1. The lowest BCUT2D eigenvalue weighted by Gasteiger charge is -2.15. The molecule has 1 heterocycles. The predicted molar refractivity (Wildman–Crippen MR) is 115 cm³/mol. The van der Waals surface area contributed by atoms with Crippen molar-refractivity contribution in [3.8, 4) is 11.3 Å². The average molecular weight is 374 g/mol. The van der Waals surface area contributed by atoms with Crippen molar-refractivity contribution < 1.29 is 4.79 Å². The minimum absolute atomic E-state index is 0.0512. The monoisotopic (exact) mass is 374 g/mol. The van der Waals surface area contributed by atoms with Gasteiger partial charge in [0.25, 0.3) is 0 Å². The molecule has 0 saturated heterocycles. The first kappa shape index (κ1) is 19.5. The summed E-state index contributed by atoms with van der Waals surface area (Å²) in [6.45, 7) is 6.79. The van der Waals surface area contributed by atoms with Gasteiger partial charge in [0.2, 0.25) is 6.41 Å². The van der Waals surface area contributed by atoms with Gasteiger partial charge in [-0.2, -0.15) is 0 Å². The van der Waals surface area contributed by atoms with E-state index in [2.05, 4.69) is 55.3 Å². The fourth-order valence-electron chi connectivity index (χ4n) is 3.04. The van der Waals surface area contributed by atoms with E-state index >= 15 is 0 Å². The van der Waals surface area contributed by atoms with Crippen molar-refractivity contribution in [2.45, 2.75) is 27.2 Å². The number of carbonyl (C=O) groups is 1. The van der Waals surface area contributed by atoms with Crippen molar-refractivity contribution >= 4 is 29.0 Å². The van der Waals surface area contributed by atoms with Gasteiger partial charge in [-0.05, 0) is 36.0 Å². The molecule has 1 unspecified atom stereocenters. The molecule has 144 valence electrons. The van der Waals surface area contributed by atoms with Crippen molar-refractivity contribution in [3.63, 3.8) is 0 Å². The van der Waals surface area contributed by atoms with Gasteiger partial charge < -0.3 is 5.73 Å². The number of fused-ring (bicyclic) bond motifs is 1. The fraction of sp³-hybridized carbons (Fsp3) is 0.261. The first-order valence-electron chi connectivity index (χ1n) is 9.51. The van der Waals surface area contributed by atoms with Crippen LogP contribution < -0.4 is 11.1 Å². The van der Waals surface area contributed by atoms with Gasteiger partial charge in [-0.1, -0.05) is 63.2 Å². The second-order valence-electron chi connectivity index (χ2n) is 7.43. The van der Waals surface area contributed by atoms with Crippen LogP contribution in [0.4, 0.5) is 5.69 Å². The number of para-hydroxylation sites is 1. The molecule has 1 amide bonds. The molecule has 2 aromatic carbocycles. The number of aliphatic imine (C=N–C) groups is 1. The van der Waals surface area contributed by atoms with E-state index in [1.54, 1.807) is 0 Å². The lowest BCUT2D eigenvalue weighted by molar-refractivity contribution is -0.108. The highest BCUT2D eigenvalue weighted by Gasteiger charge is 2.10. The second kappa shape index (κ2) is 8.65. The summed E-state index contributed by atoms with van der Waals surface area (Å²) in [5.74, 6) is 1.35. The molecule has 0 spiro atoms. The zero-order valence-corrected chi connectivity index (χ0v) is 16.5. The van der Waals surface area contributed by atoms with E-state index < -0.39 is 0 Å². The van der Waals surface area contributed by atoms with Gasteiger partial charge in [0.05, 0.1) is 16.9 Å². The van der Waals surface area contributed by atoms with E-state index in [0.29, 0.717) is 23.9 Å². The minimum Gasteiger partial charge on any atom is -0.369 e. The number of hydrogen-bond donors (Lipinski definition) is 2. The smallest absolute Gasteiger partial charge is 0.213 e. The molecule has 1 atom stereocenters. The van der Waals surface area contributed by atoms with Crippen LogP contribution in [0.15, 0.2) is 59.6 Å². The number of hydrogen-bond acceptors (Lipinski definition) is 3. The summed E-state index contributed by atoms with van der Waals surface area (Å²) < 4.78 is 0. The lowest BCUT2D eigenvalue weighted by Crippen LogP contribution is -2.29. The number of nitrogens with two attached hydrogens (primary N) is 1. The molecule has 5 nitrogen and oxygen atoms in total. The molecule has 0 saturated carbocycles. The predicted octanol–water partition coefficient (Wildman–Crippen LogP) is 4.43. The Hall–Kier alpha value is -3.21. The Morgan fingerprint density at radius 3 is 2.54 bits per heavy atom. The van der Waals surface area contributed by atoms with Gasteiger partial charge in [0.15, 0.2) is 5.96 Å². The third-order valence-corrected chi connectivity index (χ3v) is 5.09. The molecule has 3 aromatic rings. The Morgan fingerprint density at radius 2 is 1.86 bits per heavy atom. The van der Waals surface area contributed by atoms with Gasteiger partial charge in [-0.15, -0.1) is 0 Å². The molecule has 0 aliphatic carbocycles. The first-order chi connectivity index (χ1) is 13.5. The van der Waals surface area contributed by atoms with Gasteiger partial charge in [-0.25, -0.2) is 9.98 Å². The Bertz CT molecular complexity index is 993. The molecule has 0 bridgehead atoms. The van der Waals surface area contributed by atoms with Crippen LogP contribution in [0.5, 0.6) is 0 Å². The molecule has 3 N–H and O–H groups in total. The van der Waals surface area contributed by atoms with Gasteiger partial charge in [0, 0.05) is 10.9 Å². The maximum Gasteiger partial charge on any atom is 0.213 e. The number of nitrogens with zero attached hydrogens (tertiary/aromatic N) is 2. The molecule has 0 aliphatic rings. The third-order valence-electron chi connectivity index (χ3n) is 5.09. The molecule has 3 rings (SSSR count). The number of benzene rings is 2. The van der Waals surface area contributed by atoms with Crippen molar-refractivity contribution in [2.24, 2.45) is 22.6 Å². The second-order valence-corrected chi connectivity index (χ2v) is 7.43. The zero-order valence-electron chi connectivity index (χ0n) is 16.5. The first-order valence-corrected chi connectivity index (χ1v) is 9.51. The summed E-state index contributed by atoms with van der Waals surface area (Å²) in [7, 11) is 0. The van der Waals surface area contributed by atoms with E-state index in [4.69, 9.17) is 10.7 Å². The van der Waals surface area contributed by atoms with Gasteiger partial charge in [0.1, 0.15) is 0 Å². The summed E-state index contributed by atoms with van der Waals surface area (Å²) in [5, 5.41) is 3.26. The van der Waals surface area contributed by atoms with Crippen molar-refractivity contribution in [2.75, 3.05) is 0 Å². The highest BCUT2D eigenvalue weighted by atomic mass is 16.1. The van der Waals surface area contributed by atoms with Crippen LogP contribution >= 0.6 is 0 Å². The summed E-state index contributed by atoms with van der Waals surface area (Å²) >= 11 is 0. The molecular formula is C23H26N4O. The number of aromatic nitrogens is 1. The topological polar surface area (TPSA) is 80.4 Å². The highest BCUT2D eigenvalue weighted by Crippen LogP contribution is 2.30. The zero-order chi connectivity index (χ0) is 20.1. The molecule has 0 fully saturated rings. The average Bonchev–Trinajstić information content (AvgIpc) is 2.68. The number of rotatable bonds is 6. The van der Waals surface area contributed by atoms with E-state index in [1.807, 2.05) is 30.3 Å². The number of amides is 1. The summed E-state index contributed by atoms with van der Waals surface area (Å²) in [5.41, 5.74) is 10.4. The molecule has 0 radical (unpaired) electrons. The van der Waals surface area contributed by atoms with Crippen LogP contribution in [0.3, 0.4) is 0 Å². The van der Waals surface area contributed by atoms with Crippen LogP contribution in [0.2, 0.25) is 0 Å². The summed E-state index contributed by atoms with van der Waals surface area (Å²) in [4.78, 5) is 19.8. The van der Waals surface area contributed by atoms with E-state index in [9.17, 15) is 4.79 Å². The third kappa shape index (κ3) is 4.55. The number of carbonyl (C=O) groups excluding carboxylic acids is 1. The van der Waals surface area contributed by atoms with E-state index in [-0.39, 0.29) is 5.96 Å². The van der Waals surface area contributed by atoms with Crippen molar-refractivity contribution in [3.05, 3.63) is 60.2 Å². The van der Waals surface area contributed by atoms with Gasteiger partial charge >= 0.3 is 0 Å². The van der Waals surface area contributed by atoms with Crippen molar-refractivity contribution in [1.29, 1.82) is 0 Å². The molecule has 5 heteroatoms. The largest absolute Gasteiger partial charge is 0.369 e. The van der Waals surface area contributed by atoms with Crippen molar-refractivity contribution in [1.82, 2.24) is 10.3 Å². The van der Waals surface area contributed by atoms with E-state index in [1.165, 1.54) is 5.56 Å². The number of pyridine rings is 1. The Labute approximate surface area is 165 Å². The summed E-state index contributed by atoms with van der Waals surface area (Å²) in [6.07, 6.45) is 1.58. The lowest BCUT2D eigenvalue weighted by atomic mass is 9.91. The highest BCUT2D eigenvalue weighted by molar-refractivity contribution is 5.97. The minimum atomic E-state index is 0.0512. The Kier molecular flexibility index (Phi) is 6.04.